The van der Waals surface area contributed by atoms with Crippen LogP contribution in [0.25, 0.3) is 116 Å². The van der Waals surface area contributed by atoms with Crippen LogP contribution in [0.1, 0.15) is 5.56 Å². The van der Waals surface area contributed by atoms with Gasteiger partial charge in [0.1, 0.15) is 0 Å². The number of para-hydroxylation sites is 2. The zero-order valence-electron chi connectivity index (χ0n) is 35.5. The summed E-state index contributed by atoms with van der Waals surface area (Å²) < 4.78 is 4.47. The molecule has 0 saturated carbocycles. The summed E-state index contributed by atoms with van der Waals surface area (Å²) in [6, 6.07) is 76.8. The maximum atomic E-state index is 10.1. The first-order valence-corrected chi connectivity index (χ1v) is 21.8. The molecule has 0 aliphatic rings. The molecule has 66 heavy (non-hydrogen) atoms. The first-order chi connectivity index (χ1) is 32.6. The van der Waals surface area contributed by atoms with Gasteiger partial charge >= 0.3 is 0 Å². The van der Waals surface area contributed by atoms with Gasteiger partial charge in [0, 0.05) is 43.8 Å². The molecule has 0 N–H and O–H groups in total. The highest BCUT2D eigenvalue weighted by molar-refractivity contribution is 6.13. The van der Waals surface area contributed by atoms with Gasteiger partial charge in [-0.2, -0.15) is 5.26 Å². The summed E-state index contributed by atoms with van der Waals surface area (Å²) >= 11 is 0. The van der Waals surface area contributed by atoms with Gasteiger partial charge in [0.2, 0.25) is 5.69 Å². The maximum Gasteiger partial charge on any atom is 0.234 e. The smallest absolute Gasteiger partial charge is 0.234 e. The van der Waals surface area contributed by atoms with Gasteiger partial charge in [0.25, 0.3) is 0 Å². The van der Waals surface area contributed by atoms with Gasteiger partial charge in [-0.1, -0.05) is 140 Å². The summed E-state index contributed by atoms with van der Waals surface area (Å²) in [5.74, 6) is 0. The number of nitrogens with zero attached hydrogens (tertiary/aromatic N) is 6. The lowest BCUT2D eigenvalue weighted by Gasteiger charge is -2.20. The van der Waals surface area contributed by atoms with Crippen LogP contribution in [0.3, 0.4) is 0 Å². The highest BCUT2D eigenvalue weighted by Crippen LogP contribution is 2.46. The Hall–Kier alpha value is -9.36. The standard InChI is InChI=1S/C60H36N6/c1-62-59-58(65-54-27-10-8-21-46(54)48-36-43(29-32-56(48)65)52-25-13-23-50(63-52)40-16-4-2-5-17-40)34-31-45(42-20-12-15-39(35-42)38-61)60(59)66-55-28-11-9-22-47(55)49-37-44(30-33-57(49)66)53-26-14-24-51(64-53)41-18-6-3-7-19-41/h2-37H. The lowest BCUT2D eigenvalue weighted by molar-refractivity contribution is 1.14. The molecule has 0 spiro atoms. The number of nitriles is 1. The second-order valence-electron chi connectivity index (χ2n) is 16.4. The second kappa shape index (κ2) is 15.8. The molecule has 0 unspecified atom stereocenters. The summed E-state index contributed by atoms with van der Waals surface area (Å²) in [4.78, 5) is 14.7. The van der Waals surface area contributed by atoms with Gasteiger partial charge in [0.15, 0.2) is 0 Å². The van der Waals surface area contributed by atoms with Crippen molar-refractivity contribution in [1.29, 1.82) is 5.26 Å². The van der Waals surface area contributed by atoms with Gasteiger partial charge in [-0.25, -0.2) is 14.8 Å². The molecule has 306 valence electrons. The van der Waals surface area contributed by atoms with Crippen LogP contribution in [-0.4, -0.2) is 19.1 Å². The minimum Gasteiger partial charge on any atom is -0.319 e. The third-order valence-electron chi connectivity index (χ3n) is 12.6. The Morgan fingerprint density at radius 3 is 1.42 bits per heavy atom. The molecule has 12 rings (SSSR count). The molecule has 0 bridgehead atoms. The van der Waals surface area contributed by atoms with E-state index >= 15 is 0 Å². The van der Waals surface area contributed by atoms with E-state index < -0.39 is 0 Å². The zero-order valence-corrected chi connectivity index (χ0v) is 35.5. The fraction of sp³-hybridized carbons (Fsp3) is 0. The van der Waals surface area contributed by atoms with Crippen molar-refractivity contribution in [2.45, 2.75) is 0 Å². The van der Waals surface area contributed by atoms with Crippen LogP contribution >= 0.6 is 0 Å². The Labute approximate surface area is 381 Å². The Bertz CT molecular complexity index is 3960. The minimum absolute atomic E-state index is 0.489. The Morgan fingerprint density at radius 1 is 0.394 bits per heavy atom. The molecule has 6 heteroatoms. The van der Waals surface area contributed by atoms with Crippen molar-refractivity contribution in [2.75, 3.05) is 0 Å². The summed E-state index contributed by atoms with van der Waals surface area (Å²) in [6.07, 6.45) is 0. The van der Waals surface area contributed by atoms with Crippen LogP contribution < -0.4 is 0 Å². The van der Waals surface area contributed by atoms with E-state index in [-0.39, 0.29) is 0 Å². The quantitative estimate of drug-likeness (QED) is 0.150. The van der Waals surface area contributed by atoms with E-state index in [9.17, 15) is 5.26 Å². The van der Waals surface area contributed by atoms with Crippen molar-refractivity contribution in [3.8, 4) is 73.6 Å². The number of hydrogen-bond donors (Lipinski definition) is 0. The largest absolute Gasteiger partial charge is 0.319 e. The van der Waals surface area contributed by atoms with Crippen molar-refractivity contribution in [3.05, 3.63) is 235 Å². The van der Waals surface area contributed by atoms with Crippen molar-refractivity contribution < 1.29 is 0 Å². The number of rotatable bonds is 7. The van der Waals surface area contributed by atoms with E-state index in [1.807, 2.05) is 72.8 Å². The molecule has 0 aliphatic heterocycles. The van der Waals surface area contributed by atoms with Crippen molar-refractivity contribution >= 4 is 49.3 Å². The second-order valence-corrected chi connectivity index (χ2v) is 16.4. The number of pyridine rings is 2. The SMILES string of the molecule is [C-]#[N+]c1c(-n2c3ccccc3c3cc(-c4cccc(-c5ccccc5)n4)ccc32)ccc(-c2cccc(C#N)c2)c1-n1c2ccccc2c2cc(-c3cccc(-c4ccccc4)n3)ccc21. The van der Waals surface area contributed by atoms with Crippen LogP contribution in [0.4, 0.5) is 5.69 Å². The van der Waals surface area contributed by atoms with E-state index in [4.69, 9.17) is 16.5 Å². The predicted molar refractivity (Wildman–Crippen MR) is 269 cm³/mol. The van der Waals surface area contributed by atoms with Crippen LogP contribution in [0, 0.1) is 17.9 Å². The molecule has 0 fully saturated rings. The molecule has 0 saturated heterocycles. The Morgan fingerprint density at radius 2 is 0.864 bits per heavy atom. The normalized spacial score (nSPS) is 11.3. The number of benzene rings is 8. The Balaban J connectivity index is 1.09. The van der Waals surface area contributed by atoms with Crippen LogP contribution in [0.5, 0.6) is 0 Å². The summed E-state index contributed by atoms with van der Waals surface area (Å²) in [5, 5.41) is 14.3. The molecule has 0 atom stereocenters. The highest BCUT2D eigenvalue weighted by Gasteiger charge is 2.25. The monoisotopic (exact) mass is 840 g/mol. The van der Waals surface area contributed by atoms with Crippen LogP contribution in [0.15, 0.2) is 218 Å². The van der Waals surface area contributed by atoms with E-state index in [2.05, 4.69) is 166 Å². The first-order valence-electron chi connectivity index (χ1n) is 21.8. The molecular formula is C60H36N6. The van der Waals surface area contributed by atoms with Gasteiger partial charge in [-0.05, 0) is 90.0 Å². The lowest BCUT2D eigenvalue weighted by atomic mass is 9.99. The van der Waals surface area contributed by atoms with Crippen molar-refractivity contribution in [3.63, 3.8) is 0 Å². The van der Waals surface area contributed by atoms with Crippen molar-refractivity contribution in [1.82, 2.24) is 19.1 Å². The summed E-state index contributed by atoms with van der Waals surface area (Å²) in [6.45, 7) is 9.10. The topological polar surface area (TPSA) is 63.8 Å². The molecule has 0 aliphatic carbocycles. The molecule has 8 aromatic carbocycles. The summed E-state index contributed by atoms with van der Waals surface area (Å²) in [5.41, 5.74) is 15.8. The lowest BCUT2D eigenvalue weighted by Crippen LogP contribution is -2.02. The van der Waals surface area contributed by atoms with Gasteiger partial charge in [-0.15, -0.1) is 0 Å². The van der Waals surface area contributed by atoms with Gasteiger partial charge < -0.3 is 9.13 Å². The third-order valence-corrected chi connectivity index (χ3v) is 12.6. The molecule has 0 radical (unpaired) electrons. The Kier molecular flexibility index (Phi) is 9.16. The number of aromatic nitrogens is 4. The number of hydrogen-bond acceptors (Lipinski definition) is 3. The third kappa shape index (κ3) is 6.33. The van der Waals surface area contributed by atoms with E-state index in [0.717, 1.165) is 111 Å². The van der Waals surface area contributed by atoms with E-state index in [1.165, 1.54) is 0 Å². The fourth-order valence-electron chi connectivity index (χ4n) is 9.57. The van der Waals surface area contributed by atoms with Crippen LogP contribution in [-0.2, 0) is 0 Å². The molecular weight excluding hydrogens is 805 g/mol. The number of fused-ring (bicyclic) bond motifs is 6. The van der Waals surface area contributed by atoms with Crippen LogP contribution in [0.2, 0.25) is 0 Å². The molecule has 4 aromatic heterocycles. The van der Waals surface area contributed by atoms with E-state index in [1.54, 1.807) is 0 Å². The average Bonchev–Trinajstić information content (AvgIpc) is 3.90. The molecule has 6 nitrogen and oxygen atoms in total. The van der Waals surface area contributed by atoms with Crippen molar-refractivity contribution in [2.24, 2.45) is 0 Å². The van der Waals surface area contributed by atoms with Gasteiger partial charge in [0.05, 0.1) is 74.4 Å². The maximum absolute atomic E-state index is 10.1. The average molecular weight is 841 g/mol. The predicted octanol–water partition coefficient (Wildman–Crippen LogP) is 15.4. The van der Waals surface area contributed by atoms with E-state index in [0.29, 0.717) is 11.3 Å². The highest BCUT2D eigenvalue weighted by atomic mass is 15.1. The fourth-order valence-corrected chi connectivity index (χ4v) is 9.57. The minimum atomic E-state index is 0.489. The zero-order chi connectivity index (χ0) is 44.1. The summed E-state index contributed by atoms with van der Waals surface area (Å²) in [7, 11) is 0. The molecule has 4 heterocycles. The molecule has 12 aromatic rings. The van der Waals surface area contributed by atoms with Gasteiger partial charge in [-0.3, -0.25) is 0 Å². The first kappa shape index (κ1) is 38.3. The molecule has 0 amide bonds.